The maximum Gasteiger partial charge on any atom is 0.471 e. The van der Waals surface area contributed by atoms with E-state index in [-0.39, 0.29) is 11.1 Å². The highest BCUT2D eigenvalue weighted by atomic mass is 19.4. The van der Waals surface area contributed by atoms with Crippen LogP contribution in [0.5, 0.6) is 0 Å². The lowest BCUT2D eigenvalue weighted by molar-refractivity contribution is -0.167. The van der Waals surface area contributed by atoms with Gasteiger partial charge in [-0.25, -0.2) is 0 Å². The molecule has 0 radical (unpaired) electrons. The average molecular weight is 260 g/mol. The fourth-order valence-electron chi connectivity index (χ4n) is 1.36. The quantitative estimate of drug-likeness (QED) is 0.762. The molecule has 0 aliphatic heterocycles. The van der Waals surface area contributed by atoms with Crippen molar-refractivity contribution in [3.8, 4) is 0 Å². The monoisotopic (exact) mass is 260 g/mol. The Bertz CT molecular complexity index is 461. The Morgan fingerprint density at radius 3 is 2.17 bits per heavy atom. The lowest BCUT2D eigenvalue weighted by Crippen LogP contribution is -2.30. The van der Waals surface area contributed by atoms with E-state index in [9.17, 15) is 18.0 Å². The van der Waals surface area contributed by atoms with Crippen LogP contribution in [0.25, 0.3) is 0 Å². The van der Waals surface area contributed by atoms with E-state index in [4.69, 9.17) is 5.73 Å². The number of amides is 1. The highest BCUT2D eigenvalue weighted by Gasteiger charge is 2.38. The molecule has 0 saturated heterocycles. The summed E-state index contributed by atoms with van der Waals surface area (Å²) in [7, 11) is 0. The molecule has 0 heterocycles. The zero-order valence-corrected chi connectivity index (χ0v) is 10.4. The van der Waals surface area contributed by atoms with Crippen molar-refractivity contribution in [2.45, 2.75) is 32.4 Å². The second-order valence-corrected chi connectivity index (χ2v) is 5.05. The Balaban J connectivity index is 3.05. The number of halogens is 3. The third-order valence-corrected chi connectivity index (χ3v) is 2.34. The molecular formula is C12H15F3N2O. The average Bonchev–Trinajstić information content (AvgIpc) is 2.13. The van der Waals surface area contributed by atoms with Gasteiger partial charge in [-0.15, -0.1) is 0 Å². The molecule has 1 rings (SSSR count). The van der Waals surface area contributed by atoms with Crippen LogP contribution in [0.1, 0.15) is 26.3 Å². The fraction of sp³-hybridized carbons (Fsp3) is 0.417. The van der Waals surface area contributed by atoms with E-state index < -0.39 is 12.1 Å². The number of nitrogens with two attached hydrogens (primary N) is 1. The summed E-state index contributed by atoms with van der Waals surface area (Å²) >= 11 is 0. The van der Waals surface area contributed by atoms with Crippen LogP contribution in [0.3, 0.4) is 0 Å². The molecule has 0 aliphatic carbocycles. The minimum atomic E-state index is -4.91. The van der Waals surface area contributed by atoms with Crippen LogP contribution in [-0.4, -0.2) is 12.1 Å². The fourth-order valence-corrected chi connectivity index (χ4v) is 1.36. The minimum Gasteiger partial charge on any atom is -0.399 e. The first-order valence-corrected chi connectivity index (χ1v) is 5.29. The van der Waals surface area contributed by atoms with Gasteiger partial charge in [-0.3, -0.25) is 4.79 Å². The molecule has 1 amide bonds. The molecule has 0 atom stereocenters. The van der Waals surface area contributed by atoms with Crippen LogP contribution in [0.15, 0.2) is 18.2 Å². The molecular weight excluding hydrogens is 245 g/mol. The number of nitrogen functional groups attached to an aromatic ring is 1. The first-order chi connectivity index (χ1) is 8.00. The molecule has 0 aliphatic rings. The third kappa shape index (κ3) is 3.65. The standard InChI is InChI=1S/C12H15F3N2O/c1-11(2,3)7-4-8(16)6-9(5-7)17-10(18)12(13,14)15/h4-6H,16H2,1-3H3,(H,17,18). The molecule has 100 valence electrons. The van der Waals surface area contributed by atoms with Gasteiger partial charge in [0, 0.05) is 11.4 Å². The van der Waals surface area contributed by atoms with Gasteiger partial charge >= 0.3 is 12.1 Å². The molecule has 0 spiro atoms. The molecule has 0 unspecified atom stereocenters. The van der Waals surface area contributed by atoms with Gasteiger partial charge in [0.05, 0.1) is 0 Å². The summed E-state index contributed by atoms with van der Waals surface area (Å²) in [5.41, 5.74) is 6.44. The van der Waals surface area contributed by atoms with Crippen LogP contribution < -0.4 is 11.1 Å². The zero-order chi connectivity index (χ0) is 14.1. The normalized spacial score (nSPS) is 12.3. The minimum absolute atomic E-state index is 0.0438. The highest BCUT2D eigenvalue weighted by molar-refractivity contribution is 5.95. The van der Waals surface area contributed by atoms with E-state index in [2.05, 4.69) is 0 Å². The number of nitrogens with one attached hydrogen (secondary N) is 1. The lowest BCUT2D eigenvalue weighted by atomic mass is 9.86. The van der Waals surface area contributed by atoms with Crippen molar-refractivity contribution in [3.63, 3.8) is 0 Å². The summed E-state index contributed by atoms with van der Waals surface area (Å²) in [5, 5.41) is 1.79. The molecule has 1 aromatic carbocycles. The van der Waals surface area contributed by atoms with Crippen molar-refractivity contribution in [1.29, 1.82) is 0 Å². The van der Waals surface area contributed by atoms with Gasteiger partial charge < -0.3 is 11.1 Å². The van der Waals surface area contributed by atoms with Crippen molar-refractivity contribution >= 4 is 17.3 Å². The number of hydrogen-bond acceptors (Lipinski definition) is 2. The predicted octanol–water partition coefficient (Wildman–Crippen LogP) is 3.07. The first-order valence-electron chi connectivity index (χ1n) is 5.29. The topological polar surface area (TPSA) is 55.1 Å². The first kappa shape index (κ1) is 14.3. The Kier molecular flexibility index (Phi) is 3.59. The number of rotatable bonds is 1. The van der Waals surface area contributed by atoms with Crippen molar-refractivity contribution < 1.29 is 18.0 Å². The molecule has 0 saturated carbocycles. The van der Waals surface area contributed by atoms with Gasteiger partial charge in [0.2, 0.25) is 0 Å². The van der Waals surface area contributed by atoms with Gasteiger partial charge in [-0.05, 0) is 29.2 Å². The van der Waals surface area contributed by atoms with Crippen molar-refractivity contribution in [3.05, 3.63) is 23.8 Å². The van der Waals surface area contributed by atoms with Gasteiger partial charge in [0.15, 0.2) is 0 Å². The number of carbonyl (C=O) groups excluding carboxylic acids is 1. The zero-order valence-electron chi connectivity index (χ0n) is 10.4. The number of anilines is 2. The summed E-state index contributed by atoms with van der Waals surface area (Å²) < 4.78 is 36.4. The van der Waals surface area contributed by atoms with Crippen LogP contribution in [0.4, 0.5) is 24.5 Å². The van der Waals surface area contributed by atoms with Gasteiger partial charge in [-0.2, -0.15) is 13.2 Å². The molecule has 0 fully saturated rings. The van der Waals surface area contributed by atoms with Gasteiger partial charge in [-0.1, -0.05) is 20.8 Å². The largest absolute Gasteiger partial charge is 0.471 e. The van der Waals surface area contributed by atoms with Crippen LogP contribution in [0, 0.1) is 0 Å². The van der Waals surface area contributed by atoms with Crippen molar-refractivity contribution in [2.75, 3.05) is 11.1 Å². The third-order valence-electron chi connectivity index (χ3n) is 2.34. The van der Waals surface area contributed by atoms with Crippen molar-refractivity contribution in [2.24, 2.45) is 0 Å². The highest BCUT2D eigenvalue weighted by Crippen LogP contribution is 2.28. The smallest absolute Gasteiger partial charge is 0.399 e. The second kappa shape index (κ2) is 4.51. The van der Waals surface area contributed by atoms with Crippen LogP contribution >= 0.6 is 0 Å². The van der Waals surface area contributed by atoms with E-state index in [0.717, 1.165) is 5.56 Å². The Morgan fingerprint density at radius 2 is 1.72 bits per heavy atom. The second-order valence-electron chi connectivity index (χ2n) is 5.05. The van der Waals surface area contributed by atoms with E-state index in [0.29, 0.717) is 5.69 Å². The van der Waals surface area contributed by atoms with E-state index >= 15 is 0 Å². The molecule has 0 aromatic heterocycles. The Morgan fingerprint density at radius 1 is 1.17 bits per heavy atom. The number of carbonyl (C=O) groups is 1. The number of benzene rings is 1. The maximum atomic E-state index is 12.1. The van der Waals surface area contributed by atoms with Crippen LogP contribution in [-0.2, 0) is 10.2 Å². The van der Waals surface area contributed by atoms with Crippen LogP contribution in [0.2, 0.25) is 0 Å². The molecule has 3 N–H and O–H groups in total. The van der Waals surface area contributed by atoms with Crippen molar-refractivity contribution in [1.82, 2.24) is 0 Å². The summed E-state index contributed by atoms with van der Waals surface area (Å²) in [4.78, 5) is 10.8. The maximum absolute atomic E-state index is 12.1. The summed E-state index contributed by atoms with van der Waals surface area (Å²) in [5.74, 6) is -2.01. The Labute approximate surface area is 103 Å². The van der Waals surface area contributed by atoms with E-state index in [1.54, 1.807) is 11.4 Å². The van der Waals surface area contributed by atoms with E-state index in [1.807, 2.05) is 20.8 Å². The molecule has 18 heavy (non-hydrogen) atoms. The van der Waals surface area contributed by atoms with Gasteiger partial charge in [0.1, 0.15) is 0 Å². The predicted molar refractivity (Wildman–Crippen MR) is 64.2 cm³/mol. The summed E-state index contributed by atoms with van der Waals surface area (Å²) in [6.45, 7) is 5.70. The number of hydrogen-bond donors (Lipinski definition) is 2. The Hall–Kier alpha value is -1.72. The molecule has 3 nitrogen and oxygen atoms in total. The summed E-state index contributed by atoms with van der Waals surface area (Å²) in [6, 6.07) is 4.45. The molecule has 1 aromatic rings. The van der Waals surface area contributed by atoms with E-state index in [1.165, 1.54) is 12.1 Å². The SMILES string of the molecule is CC(C)(C)c1cc(N)cc(NC(=O)C(F)(F)F)c1. The van der Waals surface area contributed by atoms with Gasteiger partial charge in [0.25, 0.3) is 0 Å². The molecule has 6 heteroatoms. The lowest BCUT2D eigenvalue weighted by Gasteiger charge is -2.21. The molecule has 0 bridgehead atoms. The summed E-state index contributed by atoms with van der Waals surface area (Å²) in [6.07, 6.45) is -4.91. The number of alkyl halides is 3.